The summed E-state index contributed by atoms with van der Waals surface area (Å²) in [4.78, 5) is 29.2. The quantitative estimate of drug-likeness (QED) is 0.493. The minimum absolute atomic E-state index is 0.0326. The van der Waals surface area contributed by atoms with E-state index in [0.717, 1.165) is 32.5 Å². The van der Waals surface area contributed by atoms with E-state index in [1.165, 1.54) is 29.8 Å². The van der Waals surface area contributed by atoms with Gasteiger partial charge in [0, 0.05) is 43.4 Å². The van der Waals surface area contributed by atoms with Gasteiger partial charge in [0.1, 0.15) is 0 Å². The molecule has 1 aromatic heterocycles. The number of amides is 1. The molecule has 9 nitrogen and oxygen atoms in total. The molecular weight excluding hydrogens is 386 g/mol. The Bertz CT molecular complexity index is 1010. The van der Waals surface area contributed by atoms with Crippen molar-refractivity contribution in [3.63, 3.8) is 0 Å². The molecule has 0 unspecified atom stereocenters. The molecule has 2 heterocycles. The number of carbonyl (C=O) groups excluding carboxylic acids is 1. The smallest absolute Gasteiger partial charge is 0.292 e. The Morgan fingerprint density at radius 1 is 1.13 bits per heavy atom. The van der Waals surface area contributed by atoms with E-state index in [9.17, 15) is 14.9 Å². The number of nitrogens with one attached hydrogen (secondary N) is 1. The van der Waals surface area contributed by atoms with Crippen molar-refractivity contribution in [3.05, 3.63) is 76.1 Å². The third kappa shape index (κ3) is 4.69. The third-order valence-electron chi connectivity index (χ3n) is 5.13. The van der Waals surface area contributed by atoms with Gasteiger partial charge in [0.25, 0.3) is 23.3 Å². The van der Waals surface area contributed by atoms with Gasteiger partial charge in [-0.05, 0) is 30.5 Å². The molecule has 3 aromatic rings. The number of aromatic nitrogens is 2. The van der Waals surface area contributed by atoms with Crippen LogP contribution >= 0.6 is 0 Å². The SMILES string of the molecule is O=C(NC1CCN(Cc2ccccc2)CC1)c1noc(-c2ccc([N+](=O)[O-])cc2)n1. The molecule has 0 radical (unpaired) electrons. The Hall–Kier alpha value is -3.59. The van der Waals surface area contributed by atoms with Crippen molar-refractivity contribution >= 4 is 11.6 Å². The van der Waals surface area contributed by atoms with Crippen LogP contribution in [0.1, 0.15) is 29.0 Å². The number of likely N-dealkylation sites (tertiary alicyclic amines) is 1. The summed E-state index contributed by atoms with van der Waals surface area (Å²) in [5, 5.41) is 17.5. The molecule has 0 atom stereocenters. The number of benzene rings is 2. The molecule has 1 amide bonds. The van der Waals surface area contributed by atoms with E-state index < -0.39 is 4.92 Å². The van der Waals surface area contributed by atoms with E-state index >= 15 is 0 Å². The van der Waals surface area contributed by atoms with Gasteiger partial charge < -0.3 is 9.84 Å². The van der Waals surface area contributed by atoms with Crippen LogP contribution in [-0.4, -0.2) is 45.0 Å². The summed E-state index contributed by atoms with van der Waals surface area (Å²) in [7, 11) is 0. The first kappa shape index (κ1) is 19.7. The first-order chi connectivity index (χ1) is 14.6. The van der Waals surface area contributed by atoms with Gasteiger partial charge in [0.05, 0.1) is 4.92 Å². The van der Waals surface area contributed by atoms with E-state index in [2.05, 4.69) is 32.5 Å². The van der Waals surface area contributed by atoms with Crippen LogP contribution in [0, 0.1) is 10.1 Å². The number of hydrogen-bond acceptors (Lipinski definition) is 7. The van der Waals surface area contributed by atoms with Gasteiger partial charge in [-0.25, -0.2) is 0 Å². The van der Waals surface area contributed by atoms with Gasteiger partial charge in [0.2, 0.25) is 0 Å². The van der Waals surface area contributed by atoms with Crippen molar-refractivity contribution in [1.29, 1.82) is 0 Å². The molecule has 1 fully saturated rings. The number of nitro groups is 1. The summed E-state index contributed by atoms with van der Waals surface area (Å²) in [6, 6.07) is 16.1. The number of piperidine rings is 1. The standard InChI is InChI=1S/C21H21N5O4/c27-20(19-23-21(30-24-19)16-6-8-18(9-7-16)26(28)29)22-17-10-12-25(13-11-17)14-15-4-2-1-3-5-15/h1-9,17H,10-14H2,(H,22,27). The number of nitro benzene ring substituents is 1. The highest BCUT2D eigenvalue weighted by atomic mass is 16.6. The number of rotatable bonds is 6. The van der Waals surface area contributed by atoms with Crippen LogP contribution in [0.5, 0.6) is 0 Å². The van der Waals surface area contributed by atoms with Crippen molar-refractivity contribution in [2.45, 2.75) is 25.4 Å². The molecule has 1 aliphatic heterocycles. The predicted octanol–water partition coefficient (Wildman–Crippen LogP) is 3.04. The third-order valence-corrected chi connectivity index (χ3v) is 5.13. The summed E-state index contributed by atoms with van der Waals surface area (Å²) in [5.74, 6) is -0.281. The zero-order chi connectivity index (χ0) is 20.9. The Balaban J connectivity index is 1.30. The number of non-ortho nitro benzene ring substituents is 1. The zero-order valence-electron chi connectivity index (χ0n) is 16.2. The number of hydrogen-bond donors (Lipinski definition) is 1. The largest absolute Gasteiger partial charge is 0.346 e. The first-order valence-electron chi connectivity index (χ1n) is 9.74. The Morgan fingerprint density at radius 3 is 2.50 bits per heavy atom. The summed E-state index contributed by atoms with van der Waals surface area (Å²) in [5.41, 5.74) is 1.77. The van der Waals surface area contributed by atoms with Crippen molar-refractivity contribution < 1.29 is 14.2 Å². The van der Waals surface area contributed by atoms with Crippen molar-refractivity contribution in [2.24, 2.45) is 0 Å². The Morgan fingerprint density at radius 2 is 1.83 bits per heavy atom. The number of carbonyl (C=O) groups is 1. The lowest BCUT2D eigenvalue weighted by atomic mass is 10.0. The van der Waals surface area contributed by atoms with Crippen LogP contribution in [0.2, 0.25) is 0 Å². The van der Waals surface area contributed by atoms with Gasteiger partial charge in [-0.1, -0.05) is 35.5 Å². The summed E-state index contributed by atoms with van der Waals surface area (Å²) in [6.45, 7) is 2.71. The van der Waals surface area contributed by atoms with E-state index in [1.54, 1.807) is 0 Å². The molecule has 9 heteroatoms. The molecule has 0 saturated carbocycles. The fourth-order valence-corrected chi connectivity index (χ4v) is 3.49. The lowest BCUT2D eigenvalue weighted by molar-refractivity contribution is -0.384. The van der Waals surface area contributed by atoms with Crippen LogP contribution in [0.25, 0.3) is 11.5 Å². The summed E-state index contributed by atoms with van der Waals surface area (Å²) >= 11 is 0. The minimum atomic E-state index is -0.485. The molecule has 1 saturated heterocycles. The van der Waals surface area contributed by atoms with Crippen LogP contribution in [0.4, 0.5) is 5.69 Å². The highest BCUT2D eigenvalue weighted by molar-refractivity contribution is 5.90. The molecule has 0 spiro atoms. The molecule has 30 heavy (non-hydrogen) atoms. The normalized spacial score (nSPS) is 15.1. The number of nitrogens with zero attached hydrogens (tertiary/aromatic N) is 4. The highest BCUT2D eigenvalue weighted by Gasteiger charge is 2.23. The van der Waals surface area contributed by atoms with Crippen LogP contribution in [0.3, 0.4) is 0 Å². The second-order valence-corrected chi connectivity index (χ2v) is 7.24. The summed E-state index contributed by atoms with van der Waals surface area (Å²) < 4.78 is 5.14. The maximum atomic E-state index is 12.5. The Kier molecular flexibility index (Phi) is 5.80. The zero-order valence-corrected chi connectivity index (χ0v) is 16.2. The van der Waals surface area contributed by atoms with Crippen LogP contribution in [-0.2, 0) is 6.54 Å². The second-order valence-electron chi connectivity index (χ2n) is 7.24. The van der Waals surface area contributed by atoms with E-state index in [4.69, 9.17) is 4.52 Å². The molecule has 0 bridgehead atoms. The van der Waals surface area contributed by atoms with E-state index in [-0.39, 0.29) is 29.4 Å². The van der Waals surface area contributed by atoms with E-state index in [1.807, 2.05) is 18.2 Å². The maximum Gasteiger partial charge on any atom is 0.292 e. The van der Waals surface area contributed by atoms with Gasteiger partial charge in [-0.15, -0.1) is 0 Å². The van der Waals surface area contributed by atoms with Gasteiger partial charge in [0.15, 0.2) is 0 Å². The Labute approximate surface area is 172 Å². The lowest BCUT2D eigenvalue weighted by Gasteiger charge is -2.32. The molecule has 1 N–H and O–H groups in total. The average molecular weight is 407 g/mol. The van der Waals surface area contributed by atoms with Gasteiger partial charge >= 0.3 is 0 Å². The predicted molar refractivity (Wildman–Crippen MR) is 109 cm³/mol. The molecular formula is C21H21N5O4. The topological polar surface area (TPSA) is 114 Å². The minimum Gasteiger partial charge on any atom is -0.346 e. The fraction of sp³-hybridized carbons (Fsp3) is 0.286. The van der Waals surface area contributed by atoms with Gasteiger partial charge in [-0.3, -0.25) is 19.8 Å². The molecule has 4 rings (SSSR count). The molecule has 1 aliphatic rings. The van der Waals surface area contributed by atoms with Crippen molar-refractivity contribution in [3.8, 4) is 11.5 Å². The van der Waals surface area contributed by atoms with Crippen LogP contribution in [0.15, 0.2) is 59.1 Å². The molecule has 154 valence electrons. The molecule has 2 aromatic carbocycles. The lowest BCUT2D eigenvalue weighted by Crippen LogP contribution is -2.44. The maximum absolute atomic E-state index is 12.5. The van der Waals surface area contributed by atoms with Crippen molar-refractivity contribution in [2.75, 3.05) is 13.1 Å². The highest BCUT2D eigenvalue weighted by Crippen LogP contribution is 2.21. The first-order valence-corrected chi connectivity index (χ1v) is 9.74. The molecule has 0 aliphatic carbocycles. The average Bonchev–Trinajstić information content (AvgIpc) is 3.26. The van der Waals surface area contributed by atoms with E-state index in [0.29, 0.717) is 5.56 Å². The van der Waals surface area contributed by atoms with Crippen LogP contribution < -0.4 is 5.32 Å². The monoisotopic (exact) mass is 407 g/mol. The second kappa shape index (κ2) is 8.83. The van der Waals surface area contributed by atoms with Gasteiger partial charge in [-0.2, -0.15) is 4.98 Å². The fourth-order valence-electron chi connectivity index (χ4n) is 3.49. The summed E-state index contributed by atoms with van der Waals surface area (Å²) in [6.07, 6.45) is 1.71. The van der Waals surface area contributed by atoms with Crippen molar-refractivity contribution in [1.82, 2.24) is 20.4 Å².